The van der Waals surface area contributed by atoms with E-state index in [2.05, 4.69) is 5.32 Å². The van der Waals surface area contributed by atoms with Crippen LogP contribution >= 0.6 is 0 Å². The summed E-state index contributed by atoms with van der Waals surface area (Å²) in [4.78, 5) is 12.3. The van der Waals surface area contributed by atoms with Gasteiger partial charge in [-0.05, 0) is 31.9 Å². The molecule has 7 heteroatoms. The summed E-state index contributed by atoms with van der Waals surface area (Å²) in [6, 6.07) is 7.26. The maximum Gasteiger partial charge on any atom is 0.225 e. The number of ether oxygens (including phenoxy) is 1. The quantitative estimate of drug-likeness (QED) is 0.765. The van der Waals surface area contributed by atoms with E-state index in [1.165, 1.54) is 10.6 Å². The molecule has 0 aliphatic heterocycles. The van der Waals surface area contributed by atoms with Gasteiger partial charge in [0.25, 0.3) is 0 Å². The predicted octanol–water partition coefficient (Wildman–Crippen LogP) is 3.01. The molecule has 0 saturated heterocycles. The Bertz CT molecular complexity index is 669. The van der Waals surface area contributed by atoms with Crippen LogP contribution in [0.3, 0.4) is 0 Å². The van der Waals surface area contributed by atoms with E-state index in [9.17, 15) is 13.2 Å². The Morgan fingerprint density at radius 1 is 1.24 bits per heavy atom. The van der Waals surface area contributed by atoms with Crippen LogP contribution < -0.4 is 10.1 Å². The van der Waals surface area contributed by atoms with E-state index < -0.39 is 10.0 Å². The maximum atomic E-state index is 12.3. The molecule has 1 saturated carbocycles. The van der Waals surface area contributed by atoms with Crippen LogP contribution in [0, 0.1) is 0 Å². The van der Waals surface area contributed by atoms with Gasteiger partial charge in [-0.15, -0.1) is 0 Å². The van der Waals surface area contributed by atoms with E-state index in [0.717, 1.165) is 32.1 Å². The second-order valence-electron chi connectivity index (χ2n) is 6.39. The Labute approximate surface area is 150 Å². The number of carbonyl (C=O) groups is 1. The number of carbonyl (C=O) groups excluding carboxylic acids is 1. The van der Waals surface area contributed by atoms with Gasteiger partial charge in [-0.1, -0.05) is 31.4 Å². The molecule has 1 N–H and O–H groups in total. The van der Waals surface area contributed by atoms with Crippen molar-refractivity contribution in [1.82, 2.24) is 4.31 Å². The van der Waals surface area contributed by atoms with Crippen molar-refractivity contribution in [2.75, 3.05) is 24.7 Å². The van der Waals surface area contributed by atoms with Gasteiger partial charge in [0.05, 0.1) is 18.6 Å². The number of para-hydroxylation sites is 2. The summed E-state index contributed by atoms with van der Waals surface area (Å²) in [5.74, 6) is 0.405. The van der Waals surface area contributed by atoms with Gasteiger partial charge in [0.15, 0.2) is 0 Å². The highest BCUT2D eigenvalue weighted by Gasteiger charge is 2.28. The van der Waals surface area contributed by atoms with E-state index in [1.807, 2.05) is 19.1 Å². The fourth-order valence-corrected chi connectivity index (χ4v) is 4.44. The number of amides is 1. The van der Waals surface area contributed by atoms with Gasteiger partial charge < -0.3 is 10.1 Å². The van der Waals surface area contributed by atoms with Crippen molar-refractivity contribution in [2.45, 2.75) is 51.5 Å². The number of hydrogen-bond acceptors (Lipinski definition) is 4. The molecule has 0 radical (unpaired) electrons. The number of nitrogens with one attached hydrogen (secondary N) is 1. The van der Waals surface area contributed by atoms with Gasteiger partial charge in [0.2, 0.25) is 15.9 Å². The van der Waals surface area contributed by atoms with Crippen LogP contribution in [0.5, 0.6) is 5.75 Å². The molecule has 6 nitrogen and oxygen atoms in total. The summed E-state index contributed by atoms with van der Waals surface area (Å²) in [5.41, 5.74) is 0.609. The SMILES string of the molecule is CCOc1ccccc1NC(=O)CCN(C1CCCCC1)S(C)(=O)=O. The number of sulfonamides is 1. The Morgan fingerprint density at radius 3 is 2.56 bits per heavy atom. The molecular weight excluding hydrogens is 340 g/mol. The van der Waals surface area contributed by atoms with E-state index in [-0.39, 0.29) is 24.9 Å². The lowest BCUT2D eigenvalue weighted by molar-refractivity contribution is -0.116. The van der Waals surface area contributed by atoms with Crippen molar-refractivity contribution >= 4 is 21.6 Å². The van der Waals surface area contributed by atoms with Gasteiger partial charge in [-0.2, -0.15) is 4.31 Å². The second-order valence-corrected chi connectivity index (χ2v) is 8.33. The van der Waals surface area contributed by atoms with Gasteiger partial charge in [0.1, 0.15) is 5.75 Å². The van der Waals surface area contributed by atoms with E-state index in [1.54, 1.807) is 12.1 Å². The minimum Gasteiger partial charge on any atom is -0.492 e. The van der Waals surface area contributed by atoms with E-state index >= 15 is 0 Å². The van der Waals surface area contributed by atoms with Gasteiger partial charge in [-0.25, -0.2) is 8.42 Å². The Morgan fingerprint density at radius 2 is 1.92 bits per heavy atom. The van der Waals surface area contributed by atoms with Crippen molar-refractivity contribution in [3.8, 4) is 5.75 Å². The summed E-state index contributed by atoms with van der Waals surface area (Å²) >= 11 is 0. The van der Waals surface area contributed by atoms with Crippen LogP contribution in [-0.4, -0.2) is 44.1 Å². The molecule has 1 aliphatic carbocycles. The molecule has 140 valence electrons. The van der Waals surface area contributed by atoms with E-state index in [4.69, 9.17) is 4.74 Å². The Kier molecular flexibility index (Phi) is 7.25. The molecule has 1 amide bonds. The Hall–Kier alpha value is -1.60. The largest absolute Gasteiger partial charge is 0.492 e. The van der Waals surface area contributed by atoms with Crippen LogP contribution in [0.4, 0.5) is 5.69 Å². The first-order valence-electron chi connectivity index (χ1n) is 8.90. The van der Waals surface area contributed by atoms with Gasteiger partial charge in [-0.3, -0.25) is 4.79 Å². The fraction of sp³-hybridized carbons (Fsp3) is 0.611. The highest BCUT2D eigenvalue weighted by Crippen LogP contribution is 2.26. The zero-order valence-electron chi connectivity index (χ0n) is 15.0. The summed E-state index contributed by atoms with van der Waals surface area (Å²) in [6.07, 6.45) is 6.36. The molecule has 0 unspecified atom stereocenters. The lowest BCUT2D eigenvalue weighted by Crippen LogP contribution is -2.42. The first kappa shape index (κ1) is 19.7. The Balaban J connectivity index is 1.97. The minimum atomic E-state index is -3.32. The molecule has 0 spiro atoms. The number of anilines is 1. The van der Waals surface area contributed by atoms with Crippen molar-refractivity contribution in [3.63, 3.8) is 0 Å². The zero-order valence-corrected chi connectivity index (χ0v) is 15.8. The van der Waals surface area contributed by atoms with Crippen LogP contribution in [0.25, 0.3) is 0 Å². The first-order chi connectivity index (χ1) is 11.9. The van der Waals surface area contributed by atoms with Crippen molar-refractivity contribution in [3.05, 3.63) is 24.3 Å². The summed E-state index contributed by atoms with van der Waals surface area (Å²) in [5, 5.41) is 2.82. The molecule has 1 aliphatic rings. The predicted molar refractivity (Wildman–Crippen MR) is 99.3 cm³/mol. The normalized spacial score (nSPS) is 16.0. The summed E-state index contributed by atoms with van der Waals surface area (Å²) in [7, 11) is -3.32. The molecule has 1 aromatic carbocycles. The van der Waals surface area contributed by atoms with Crippen LogP contribution in [0.1, 0.15) is 45.4 Å². The van der Waals surface area contributed by atoms with Gasteiger partial charge in [0, 0.05) is 19.0 Å². The number of benzene rings is 1. The van der Waals surface area contributed by atoms with Crippen molar-refractivity contribution in [2.24, 2.45) is 0 Å². The molecule has 1 fully saturated rings. The topological polar surface area (TPSA) is 75.7 Å². The average molecular weight is 368 g/mol. The number of rotatable bonds is 8. The zero-order chi connectivity index (χ0) is 18.3. The molecule has 25 heavy (non-hydrogen) atoms. The van der Waals surface area contributed by atoms with E-state index in [0.29, 0.717) is 18.0 Å². The van der Waals surface area contributed by atoms with Crippen LogP contribution in [-0.2, 0) is 14.8 Å². The minimum absolute atomic E-state index is 0.0206. The standard InChI is InChI=1S/C18H28N2O4S/c1-3-24-17-12-8-7-11-16(17)19-18(21)13-14-20(25(2,22)23)15-9-5-4-6-10-15/h7-8,11-12,15H,3-6,9-10,13-14H2,1-2H3,(H,19,21). The third-order valence-corrected chi connectivity index (χ3v) is 5.76. The third-order valence-electron chi connectivity index (χ3n) is 4.43. The molecule has 0 heterocycles. The summed E-state index contributed by atoms with van der Waals surface area (Å²) < 4.78 is 31.2. The molecule has 1 aromatic rings. The molecule has 0 atom stereocenters. The van der Waals surface area contributed by atoms with Crippen LogP contribution in [0.15, 0.2) is 24.3 Å². The highest BCUT2D eigenvalue weighted by atomic mass is 32.2. The lowest BCUT2D eigenvalue weighted by atomic mass is 9.95. The lowest BCUT2D eigenvalue weighted by Gasteiger charge is -2.32. The molecule has 0 aromatic heterocycles. The van der Waals surface area contributed by atoms with Crippen molar-refractivity contribution in [1.29, 1.82) is 0 Å². The number of nitrogens with zero attached hydrogens (tertiary/aromatic N) is 1. The van der Waals surface area contributed by atoms with Crippen LogP contribution in [0.2, 0.25) is 0 Å². The molecular formula is C18H28N2O4S. The first-order valence-corrected chi connectivity index (χ1v) is 10.7. The molecule has 2 rings (SSSR count). The third kappa shape index (κ3) is 6.01. The monoisotopic (exact) mass is 368 g/mol. The fourth-order valence-electron chi connectivity index (χ4n) is 3.26. The highest BCUT2D eigenvalue weighted by molar-refractivity contribution is 7.88. The molecule has 0 bridgehead atoms. The average Bonchev–Trinajstić information content (AvgIpc) is 2.57. The summed E-state index contributed by atoms with van der Waals surface area (Å²) in [6.45, 7) is 2.61. The van der Waals surface area contributed by atoms with Crippen molar-refractivity contribution < 1.29 is 17.9 Å². The van der Waals surface area contributed by atoms with Gasteiger partial charge >= 0.3 is 0 Å². The second kappa shape index (κ2) is 9.20. The smallest absolute Gasteiger partial charge is 0.225 e. The number of hydrogen-bond donors (Lipinski definition) is 1. The maximum absolute atomic E-state index is 12.3.